The summed E-state index contributed by atoms with van der Waals surface area (Å²) in [5.74, 6) is -0.865. The lowest BCUT2D eigenvalue weighted by molar-refractivity contribution is -0.137. The number of hydrogen-bond acceptors (Lipinski definition) is 5. The van der Waals surface area contributed by atoms with Crippen molar-refractivity contribution in [1.29, 1.82) is 0 Å². The van der Waals surface area contributed by atoms with Gasteiger partial charge in [-0.1, -0.05) is 11.8 Å². The van der Waals surface area contributed by atoms with E-state index in [0.717, 1.165) is 53.9 Å². The number of carbonyl (C=O) groups is 1. The molecule has 0 fully saturated rings. The van der Waals surface area contributed by atoms with Crippen LogP contribution in [0.2, 0.25) is 0 Å². The molecule has 0 aliphatic carbocycles. The van der Waals surface area contributed by atoms with Gasteiger partial charge in [-0.25, -0.2) is 9.78 Å². The van der Waals surface area contributed by atoms with E-state index in [1.54, 1.807) is 6.26 Å². The highest BCUT2D eigenvalue weighted by molar-refractivity contribution is 7.98. The summed E-state index contributed by atoms with van der Waals surface area (Å²) >= 11 is 1.12. The third-order valence-corrected chi connectivity index (χ3v) is 3.62. The Morgan fingerprint density at radius 1 is 1.26 bits per heavy atom. The third-order valence-electron chi connectivity index (χ3n) is 2.97. The first-order valence-corrected chi connectivity index (χ1v) is 7.44. The molecule has 0 radical (unpaired) electrons. The highest BCUT2D eigenvalue weighted by Crippen LogP contribution is 2.29. The van der Waals surface area contributed by atoms with Crippen LogP contribution < -0.4 is 5.56 Å². The Balaban J connectivity index is 2.62. The number of benzene rings is 1. The molecule has 1 aromatic carbocycles. The highest BCUT2D eigenvalue weighted by Gasteiger charge is 2.30. The van der Waals surface area contributed by atoms with Crippen molar-refractivity contribution >= 4 is 17.7 Å². The number of carbonyl (C=O) groups excluding carboxylic acids is 1. The molecule has 1 aromatic heterocycles. The molecule has 23 heavy (non-hydrogen) atoms. The average Bonchev–Trinajstić information content (AvgIpc) is 2.53. The summed E-state index contributed by atoms with van der Waals surface area (Å²) in [5.41, 5.74) is -1.68. The highest BCUT2D eigenvalue weighted by atomic mass is 32.2. The van der Waals surface area contributed by atoms with Crippen LogP contribution in [-0.4, -0.2) is 28.9 Å². The second-order valence-corrected chi connectivity index (χ2v) is 5.11. The van der Waals surface area contributed by atoms with Crippen LogP contribution in [0, 0.1) is 0 Å². The number of hydrogen-bond donors (Lipinski definition) is 0. The second kappa shape index (κ2) is 6.45. The summed E-state index contributed by atoms with van der Waals surface area (Å²) in [6.07, 6.45) is -1.74. The van der Waals surface area contributed by atoms with Gasteiger partial charge in [-0.2, -0.15) is 13.2 Å². The molecule has 0 aliphatic heterocycles. The monoisotopic (exact) mass is 344 g/mol. The number of thioether (sulfide) groups is 1. The molecule has 2 rings (SSSR count). The quantitative estimate of drug-likeness (QED) is 0.487. The van der Waals surface area contributed by atoms with Gasteiger partial charge in [-0.3, -0.25) is 9.36 Å². The number of methoxy groups -OCH3 is 1. The van der Waals surface area contributed by atoms with Gasteiger partial charge in [0.05, 0.1) is 24.6 Å². The second-order valence-electron chi connectivity index (χ2n) is 4.34. The van der Waals surface area contributed by atoms with Gasteiger partial charge in [0, 0.05) is 0 Å². The number of aromatic nitrogens is 2. The number of alkyl halides is 3. The minimum absolute atomic E-state index is 0.172. The van der Waals surface area contributed by atoms with Crippen molar-refractivity contribution in [2.45, 2.75) is 11.3 Å². The van der Waals surface area contributed by atoms with Crippen molar-refractivity contribution in [1.82, 2.24) is 9.55 Å². The summed E-state index contributed by atoms with van der Waals surface area (Å²) in [5, 5.41) is 0.238. The average molecular weight is 344 g/mol. The van der Waals surface area contributed by atoms with E-state index >= 15 is 0 Å². The summed E-state index contributed by atoms with van der Waals surface area (Å²) in [7, 11) is 1.12. The predicted molar refractivity (Wildman–Crippen MR) is 78.0 cm³/mol. The maximum atomic E-state index is 12.6. The van der Waals surface area contributed by atoms with Gasteiger partial charge in [-0.15, -0.1) is 0 Å². The van der Waals surface area contributed by atoms with Crippen LogP contribution in [0.25, 0.3) is 5.69 Å². The fraction of sp³-hybridized carbons (Fsp3) is 0.214. The number of halogens is 3. The lowest BCUT2D eigenvalue weighted by Crippen LogP contribution is -2.28. The van der Waals surface area contributed by atoms with Crippen LogP contribution in [0.5, 0.6) is 0 Å². The molecule has 0 aliphatic rings. The Bertz CT molecular complexity index is 785. The Morgan fingerprint density at radius 2 is 1.87 bits per heavy atom. The van der Waals surface area contributed by atoms with Gasteiger partial charge < -0.3 is 4.74 Å². The Morgan fingerprint density at radius 3 is 2.35 bits per heavy atom. The maximum Gasteiger partial charge on any atom is 0.416 e. The van der Waals surface area contributed by atoms with E-state index < -0.39 is 23.3 Å². The number of ether oxygens (including phenoxy) is 1. The molecule has 5 nitrogen and oxygen atoms in total. The summed E-state index contributed by atoms with van der Waals surface area (Å²) in [4.78, 5) is 28.0. The van der Waals surface area contributed by atoms with Crippen molar-refractivity contribution in [3.05, 3.63) is 51.9 Å². The fourth-order valence-corrected chi connectivity index (χ4v) is 2.39. The normalized spacial score (nSPS) is 11.3. The predicted octanol–water partition coefficient (Wildman–Crippen LogP) is 2.76. The van der Waals surface area contributed by atoms with E-state index in [2.05, 4.69) is 9.72 Å². The number of rotatable bonds is 3. The van der Waals surface area contributed by atoms with Crippen molar-refractivity contribution in [2.24, 2.45) is 0 Å². The molecule has 122 valence electrons. The van der Waals surface area contributed by atoms with E-state index in [1.165, 1.54) is 0 Å². The van der Waals surface area contributed by atoms with Crippen molar-refractivity contribution in [3.63, 3.8) is 0 Å². The third kappa shape index (κ3) is 3.39. The van der Waals surface area contributed by atoms with Crippen molar-refractivity contribution in [3.8, 4) is 5.69 Å². The van der Waals surface area contributed by atoms with E-state index in [9.17, 15) is 22.8 Å². The zero-order valence-electron chi connectivity index (χ0n) is 12.0. The van der Waals surface area contributed by atoms with Crippen LogP contribution >= 0.6 is 11.8 Å². The zero-order chi connectivity index (χ0) is 17.2. The molecule has 1 heterocycles. The SMILES string of the molecule is COC(=O)c1cnc(SC)n(-c2ccc(C(F)(F)F)cc2)c1=O. The number of esters is 1. The lowest BCUT2D eigenvalue weighted by atomic mass is 10.2. The summed E-state index contributed by atoms with van der Waals surface area (Å²) < 4.78 is 43.4. The Hall–Kier alpha value is -2.29. The van der Waals surface area contributed by atoms with Gasteiger partial charge in [0.15, 0.2) is 5.16 Å². The van der Waals surface area contributed by atoms with Gasteiger partial charge in [0.25, 0.3) is 5.56 Å². The standard InChI is InChI=1S/C14H11F3N2O3S/c1-22-12(21)10-7-18-13(23-2)19(11(10)20)9-5-3-8(4-6-9)14(15,16)17/h3-7H,1-2H3. The molecule has 0 N–H and O–H groups in total. The molecule has 9 heteroatoms. The molecule has 0 amide bonds. The minimum atomic E-state index is -4.47. The minimum Gasteiger partial charge on any atom is -0.465 e. The van der Waals surface area contributed by atoms with E-state index in [1.807, 2.05) is 0 Å². The molecule has 0 saturated heterocycles. The first-order valence-electron chi connectivity index (χ1n) is 6.21. The Labute approximate surface area is 133 Å². The van der Waals surface area contributed by atoms with Gasteiger partial charge in [-0.05, 0) is 30.5 Å². The number of nitrogens with zero attached hydrogens (tertiary/aromatic N) is 2. The Kier molecular flexibility index (Phi) is 4.79. The maximum absolute atomic E-state index is 12.6. The van der Waals surface area contributed by atoms with E-state index in [0.29, 0.717) is 0 Å². The molecule has 0 atom stereocenters. The van der Waals surface area contributed by atoms with Crippen LogP contribution in [0.1, 0.15) is 15.9 Å². The van der Waals surface area contributed by atoms with Crippen LogP contribution in [0.3, 0.4) is 0 Å². The molecular formula is C14H11F3N2O3S. The fourth-order valence-electron chi connectivity index (χ4n) is 1.86. The molecule has 0 bridgehead atoms. The first-order chi connectivity index (χ1) is 10.8. The van der Waals surface area contributed by atoms with Crippen molar-refractivity contribution < 1.29 is 22.7 Å². The summed E-state index contributed by atoms with van der Waals surface area (Å²) in [6, 6.07) is 4.01. The zero-order valence-corrected chi connectivity index (χ0v) is 12.9. The lowest BCUT2D eigenvalue weighted by Gasteiger charge is -2.13. The first kappa shape index (κ1) is 17.1. The molecule has 2 aromatic rings. The van der Waals surface area contributed by atoms with Gasteiger partial charge >= 0.3 is 12.1 Å². The molecule has 0 spiro atoms. The molecular weight excluding hydrogens is 333 g/mol. The molecule has 0 unspecified atom stereocenters. The van der Waals surface area contributed by atoms with Crippen LogP contribution in [0.15, 0.2) is 40.4 Å². The van der Waals surface area contributed by atoms with E-state index in [-0.39, 0.29) is 16.4 Å². The summed E-state index contributed by atoms with van der Waals surface area (Å²) in [6.45, 7) is 0. The smallest absolute Gasteiger partial charge is 0.416 e. The van der Waals surface area contributed by atoms with Crippen molar-refractivity contribution in [2.75, 3.05) is 13.4 Å². The largest absolute Gasteiger partial charge is 0.465 e. The van der Waals surface area contributed by atoms with Crippen LogP contribution in [0.4, 0.5) is 13.2 Å². The topological polar surface area (TPSA) is 61.2 Å². The van der Waals surface area contributed by atoms with Gasteiger partial charge in [0.1, 0.15) is 5.56 Å². The van der Waals surface area contributed by atoms with E-state index in [4.69, 9.17) is 0 Å². The molecule has 0 saturated carbocycles. The van der Waals surface area contributed by atoms with Crippen LogP contribution in [-0.2, 0) is 10.9 Å². The van der Waals surface area contributed by atoms with Gasteiger partial charge in [0.2, 0.25) is 0 Å².